The molecule has 4 nitrogen and oxygen atoms in total. The molecule has 118 valence electrons. The summed E-state index contributed by atoms with van der Waals surface area (Å²) in [4.78, 5) is 0. The summed E-state index contributed by atoms with van der Waals surface area (Å²) in [7, 11) is 0. The number of hydrogen-bond acceptors (Lipinski definition) is 4. The molecule has 0 heterocycles. The Kier molecular flexibility index (Phi) is 6.10. The molecule has 0 saturated heterocycles. The second-order valence-corrected chi connectivity index (χ2v) is 5.69. The van der Waals surface area contributed by atoms with Gasteiger partial charge in [-0.15, -0.1) is 0 Å². The van der Waals surface area contributed by atoms with Gasteiger partial charge in [0, 0.05) is 12.1 Å². The van der Waals surface area contributed by atoms with Gasteiger partial charge in [0.15, 0.2) is 0 Å². The summed E-state index contributed by atoms with van der Waals surface area (Å²) in [6.45, 7) is 0. The average Bonchev–Trinajstić information content (AvgIpc) is 2.55. The normalized spacial score (nSPS) is 16.7. The van der Waals surface area contributed by atoms with E-state index in [2.05, 4.69) is 0 Å². The van der Waals surface area contributed by atoms with E-state index in [-0.39, 0.29) is 0 Å². The van der Waals surface area contributed by atoms with Gasteiger partial charge < -0.3 is 21.7 Å². The van der Waals surface area contributed by atoms with E-state index < -0.39 is 24.3 Å². The molecule has 0 aromatic heterocycles. The monoisotopic (exact) mass is 300 g/mol. The maximum Gasteiger partial charge on any atom is 0.0968 e. The fourth-order valence-corrected chi connectivity index (χ4v) is 2.52. The van der Waals surface area contributed by atoms with Crippen molar-refractivity contribution in [2.75, 3.05) is 0 Å². The first kappa shape index (κ1) is 16.6. The van der Waals surface area contributed by atoms with E-state index in [1.807, 2.05) is 60.7 Å². The van der Waals surface area contributed by atoms with Crippen LogP contribution in [0.25, 0.3) is 0 Å². The van der Waals surface area contributed by atoms with Crippen molar-refractivity contribution in [2.45, 2.75) is 37.1 Å². The molecule has 2 aromatic carbocycles. The predicted octanol–water partition coefficient (Wildman–Crippen LogP) is 0.848. The summed E-state index contributed by atoms with van der Waals surface area (Å²) in [6.07, 6.45) is -1.12. The molecule has 2 aromatic rings. The molecule has 22 heavy (non-hydrogen) atoms. The highest BCUT2D eigenvalue weighted by Gasteiger charge is 2.28. The molecular formula is C18H24N2O2. The first-order valence-corrected chi connectivity index (χ1v) is 7.53. The maximum absolute atomic E-state index is 10.2. The van der Waals surface area contributed by atoms with E-state index >= 15 is 0 Å². The molecule has 0 bridgehead atoms. The van der Waals surface area contributed by atoms with Crippen LogP contribution in [0.4, 0.5) is 0 Å². The summed E-state index contributed by atoms with van der Waals surface area (Å²) < 4.78 is 0. The van der Waals surface area contributed by atoms with E-state index in [0.717, 1.165) is 11.1 Å². The van der Waals surface area contributed by atoms with Crippen LogP contribution in [0.3, 0.4) is 0 Å². The lowest BCUT2D eigenvalue weighted by atomic mass is 9.92. The molecule has 0 aliphatic rings. The smallest absolute Gasteiger partial charge is 0.0968 e. The van der Waals surface area contributed by atoms with E-state index in [1.165, 1.54) is 0 Å². The van der Waals surface area contributed by atoms with Crippen LogP contribution >= 0.6 is 0 Å². The standard InChI is InChI=1S/C18H24N2O2/c19-15(11-13-7-3-1-4-8-13)17(21)18(22)16(20)12-14-9-5-2-6-10-14/h1-10,15-18,21-22H,11-12,19-20H2/t15-,16-,17-,18+/m0/s1. The van der Waals surface area contributed by atoms with Gasteiger partial charge in [0.05, 0.1) is 12.2 Å². The lowest BCUT2D eigenvalue weighted by Gasteiger charge is -2.28. The minimum Gasteiger partial charge on any atom is -0.389 e. The molecular weight excluding hydrogens is 276 g/mol. The molecule has 0 unspecified atom stereocenters. The molecule has 0 radical (unpaired) electrons. The van der Waals surface area contributed by atoms with Gasteiger partial charge in [-0.25, -0.2) is 0 Å². The van der Waals surface area contributed by atoms with Crippen LogP contribution in [0.5, 0.6) is 0 Å². The van der Waals surface area contributed by atoms with Gasteiger partial charge in [-0.3, -0.25) is 0 Å². The third-order valence-electron chi connectivity index (χ3n) is 3.86. The summed E-state index contributed by atoms with van der Waals surface area (Å²) >= 11 is 0. The summed E-state index contributed by atoms with van der Waals surface area (Å²) in [5.74, 6) is 0. The molecule has 2 rings (SSSR count). The SMILES string of the molecule is N[C@@H](Cc1ccccc1)[C@H](O)[C@H](O)[C@@H](N)Cc1ccccc1. The van der Waals surface area contributed by atoms with Crippen LogP contribution in [0.1, 0.15) is 11.1 Å². The Bertz CT molecular complexity index is 496. The van der Waals surface area contributed by atoms with Crippen molar-refractivity contribution in [1.29, 1.82) is 0 Å². The van der Waals surface area contributed by atoms with Crippen molar-refractivity contribution in [3.8, 4) is 0 Å². The van der Waals surface area contributed by atoms with Crippen molar-refractivity contribution in [1.82, 2.24) is 0 Å². The Morgan fingerprint density at radius 1 is 0.636 bits per heavy atom. The topological polar surface area (TPSA) is 92.5 Å². The van der Waals surface area contributed by atoms with Crippen molar-refractivity contribution >= 4 is 0 Å². The summed E-state index contributed by atoms with van der Waals surface area (Å²) in [5.41, 5.74) is 14.1. The predicted molar refractivity (Wildman–Crippen MR) is 88.3 cm³/mol. The fourth-order valence-electron chi connectivity index (χ4n) is 2.52. The fraction of sp³-hybridized carbons (Fsp3) is 0.333. The number of rotatable bonds is 7. The van der Waals surface area contributed by atoms with Gasteiger partial charge in [0.1, 0.15) is 0 Å². The second kappa shape index (κ2) is 8.06. The van der Waals surface area contributed by atoms with E-state index in [0.29, 0.717) is 12.8 Å². The van der Waals surface area contributed by atoms with Crippen molar-refractivity contribution in [3.63, 3.8) is 0 Å². The zero-order valence-corrected chi connectivity index (χ0v) is 12.5. The molecule has 0 aliphatic carbocycles. The minimum absolute atomic E-state index is 0.497. The lowest BCUT2D eigenvalue weighted by Crippen LogP contribution is -2.52. The number of benzene rings is 2. The van der Waals surface area contributed by atoms with E-state index in [1.54, 1.807) is 0 Å². The summed E-state index contributed by atoms with van der Waals surface area (Å²) in [5, 5.41) is 20.5. The second-order valence-electron chi connectivity index (χ2n) is 5.69. The van der Waals surface area contributed by atoms with Crippen molar-refractivity contribution in [3.05, 3.63) is 71.8 Å². The van der Waals surface area contributed by atoms with Crippen LogP contribution in [-0.4, -0.2) is 34.5 Å². The highest BCUT2D eigenvalue weighted by atomic mass is 16.3. The van der Waals surface area contributed by atoms with Crippen LogP contribution in [0, 0.1) is 0 Å². The Hall–Kier alpha value is -1.72. The lowest BCUT2D eigenvalue weighted by molar-refractivity contribution is -0.00975. The molecule has 4 heteroatoms. The summed E-state index contributed by atoms with van der Waals surface area (Å²) in [6, 6.07) is 18.2. The number of hydrogen-bond donors (Lipinski definition) is 4. The Labute approximate surface area is 131 Å². The van der Waals surface area contributed by atoms with E-state index in [9.17, 15) is 10.2 Å². The minimum atomic E-state index is -1.06. The Balaban J connectivity index is 1.91. The number of nitrogens with two attached hydrogens (primary N) is 2. The van der Waals surface area contributed by atoms with Crippen LogP contribution < -0.4 is 11.5 Å². The highest BCUT2D eigenvalue weighted by molar-refractivity contribution is 5.18. The zero-order valence-electron chi connectivity index (χ0n) is 12.5. The third-order valence-corrected chi connectivity index (χ3v) is 3.86. The average molecular weight is 300 g/mol. The quantitative estimate of drug-likeness (QED) is 0.610. The van der Waals surface area contributed by atoms with Crippen molar-refractivity contribution < 1.29 is 10.2 Å². The largest absolute Gasteiger partial charge is 0.389 e. The van der Waals surface area contributed by atoms with Gasteiger partial charge in [-0.05, 0) is 24.0 Å². The Morgan fingerprint density at radius 3 is 1.27 bits per heavy atom. The number of aliphatic hydroxyl groups excluding tert-OH is 2. The Morgan fingerprint density at radius 2 is 0.955 bits per heavy atom. The molecule has 0 amide bonds. The van der Waals surface area contributed by atoms with Crippen molar-refractivity contribution in [2.24, 2.45) is 11.5 Å². The molecule has 0 spiro atoms. The molecule has 0 fully saturated rings. The molecule has 4 atom stereocenters. The first-order chi connectivity index (χ1) is 10.6. The number of aliphatic hydroxyl groups is 2. The van der Waals surface area contributed by atoms with Crippen LogP contribution in [0.2, 0.25) is 0 Å². The van der Waals surface area contributed by atoms with Gasteiger partial charge in [0.25, 0.3) is 0 Å². The van der Waals surface area contributed by atoms with Gasteiger partial charge in [0.2, 0.25) is 0 Å². The molecule has 0 saturated carbocycles. The highest BCUT2D eigenvalue weighted by Crippen LogP contribution is 2.11. The van der Waals surface area contributed by atoms with Gasteiger partial charge in [-0.1, -0.05) is 60.7 Å². The van der Waals surface area contributed by atoms with Crippen LogP contribution in [-0.2, 0) is 12.8 Å². The third kappa shape index (κ3) is 4.64. The molecule has 6 N–H and O–H groups in total. The zero-order chi connectivity index (χ0) is 15.9. The maximum atomic E-state index is 10.2. The van der Waals surface area contributed by atoms with Gasteiger partial charge in [-0.2, -0.15) is 0 Å². The molecule has 0 aliphatic heterocycles. The van der Waals surface area contributed by atoms with E-state index in [4.69, 9.17) is 11.5 Å². The van der Waals surface area contributed by atoms with Crippen LogP contribution in [0.15, 0.2) is 60.7 Å². The first-order valence-electron chi connectivity index (χ1n) is 7.53. The van der Waals surface area contributed by atoms with Gasteiger partial charge >= 0.3 is 0 Å².